The molecule has 5 heteroatoms. The van der Waals surface area contributed by atoms with E-state index in [4.69, 9.17) is 5.11 Å². The Balaban J connectivity index is 1.83. The predicted molar refractivity (Wildman–Crippen MR) is 76.2 cm³/mol. The van der Waals surface area contributed by atoms with E-state index in [1.165, 1.54) is 0 Å². The Morgan fingerprint density at radius 3 is 2.63 bits per heavy atom. The normalized spacial score (nSPS) is 34.4. The summed E-state index contributed by atoms with van der Waals surface area (Å²) >= 11 is 1.96. The van der Waals surface area contributed by atoms with Gasteiger partial charge in [0, 0.05) is 11.3 Å². The Morgan fingerprint density at radius 1 is 1.21 bits per heavy atom. The van der Waals surface area contributed by atoms with Crippen molar-refractivity contribution in [3.05, 3.63) is 0 Å². The van der Waals surface area contributed by atoms with E-state index in [2.05, 4.69) is 12.2 Å². The lowest BCUT2D eigenvalue weighted by molar-refractivity contribution is -0.146. The maximum Gasteiger partial charge on any atom is 0.307 e. The number of carbonyl (C=O) groups is 2. The minimum Gasteiger partial charge on any atom is -0.481 e. The molecule has 4 atom stereocenters. The molecule has 2 N–H and O–H groups in total. The van der Waals surface area contributed by atoms with E-state index in [1.54, 1.807) is 0 Å². The highest BCUT2D eigenvalue weighted by molar-refractivity contribution is 7.99. The number of hydrogen-bond acceptors (Lipinski definition) is 3. The average Bonchev–Trinajstić information content (AvgIpc) is 2.98. The molecule has 108 valence electrons. The fraction of sp³-hybridized carbons (Fsp3) is 0.857. The highest BCUT2D eigenvalue weighted by atomic mass is 32.2. The Labute approximate surface area is 118 Å². The minimum absolute atomic E-state index is 0.0305. The molecule has 19 heavy (non-hydrogen) atoms. The summed E-state index contributed by atoms with van der Waals surface area (Å²) in [6.45, 7) is 2.16. The van der Waals surface area contributed by atoms with Crippen LogP contribution in [0.5, 0.6) is 0 Å². The fourth-order valence-electron chi connectivity index (χ4n) is 3.34. The first-order valence-corrected chi connectivity index (χ1v) is 8.31. The van der Waals surface area contributed by atoms with Gasteiger partial charge in [-0.1, -0.05) is 13.3 Å². The lowest BCUT2D eigenvalue weighted by atomic mass is 9.95. The first kappa shape index (κ1) is 14.7. The largest absolute Gasteiger partial charge is 0.481 e. The van der Waals surface area contributed by atoms with Gasteiger partial charge in [-0.25, -0.2) is 0 Å². The summed E-state index contributed by atoms with van der Waals surface area (Å²) in [6.07, 6.45) is 5.46. The monoisotopic (exact) mass is 285 g/mol. The van der Waals surface area contributed by atoms with Crippen LogP contribution >= 0.6 is 11.8 Å². The molecular formula is C14H23NO3S. The van der Waals surface area contributed by atoms with Crippen LogP contribution in [-0.4, -0.2) is 34.0 Å². The van der Waals surface area contributed by atoms with Crippen molar-refractivity contribution in [2.75, 3.05) is 5.75 Å². The number of rotatable bonds is 5. The maximum atomic E-state index is 12.2. The first-order chi connectivity index (χ1) is 9.11. The summed E-state index contributed by atoms with van der Waals surface area (Å²) in [5.41, 5.74) is 0. The average molecular weight is 285 g/mol. The zero-order valence-electron chi connectivity index (χ0n) is 11.4. The summed E-state index contributed by atoms with van der Waals surface area (Å²) in [5, 5.41) is 12.9. The highest BCUT2D eigenvalue weighted by Crippen LogP contribution is 2.34. The number of carboxylic acids is 1. The molecule has 2 fully saturated rings. The third kappa shape index (κ3) is 3.65. The Hall–Kier alpha value is -0.710. The molecule has 0 aliphatic heterocycles. The summed E-state index contributed by atoms with van der Waals surface area (Å²) in [7, 11) is 0. The van der Waals surface area contributed by atoms with Crippen molar-refractivity contribution in [1.82, 2.24) is 5.32 Å². The summed E-state index contributed by atoms with van der Waals surface area (Å²) in [4.78, 5) is 23.3. The van der Waals surface area contributed by atoms with Gasteiger partial charge < -0.3 is 10.4 Å². The summed E-state index contributed by atoms with van der Waals surface area (Å²) < 4.78 is 0. The van der Waals surface area contributed by atoms with Gasteiger partial charge >= 0.3 is 5.97 Å². The third-order valence-electron chi connectivity index (χ3n) is 4.30. The van der Waals surface area contributed by atoms with Crippen molar-refractivity contribution in [1.29, 1.82) is 0 Å². The second kappa shape index (κ2) is 6.64. The first-order valence-electron chi connectivity index (χ1n) is 7.26. The summed E-state index contributed by atoms with van der Waals surface area (Å²) in [6, 6.07) is 0.256. The van der Waals surface area contributed by atoms with Gasteiger partial charge in [-0.2, -0.15) is 11.8 Å². The zero-order valence-corrected chi connectivity index (χ0v) is 12.2. The van der Waals surface area contributed by atoms with Crippen LogP contribution in [0.2, 0.25) is 0 Å². The molecule has 0 aromatic heterocycles. The van der Waals surface area contributed by atoms with Gasteiger partial charge in [0.25, 0.3) is 0 Å². The molecule has 0 heterocycles. The minimum atomic E-state index is -0.816. The number of carbonyl (C=O) groups excluding carboxylic acids is 1. The van der Waals surface area contributed by atoms with E-state index >= 15 is 0 Å². The van der Waals surface area contributed by atoms with Gasteiger partial charge in [-0.15, -0.1) is 0 Å². The molecule has 0 spiro atoms. The van der Waals surface area contributed by atoms with Crippen LogP contribution in [0.15, 0.2) is 0 Å². The molecule has 0 saturated heterocycles. The summed E-state index contributed by atoms with van der Waals surface area (Å²) in [5.74, 6) is -0.507. The van der Waals surface area contributed by atoms with Crippen LogP contribution in [0.25, 0.3) is 0 Å². The van der Waals surface area contributed by atoms with Gasteiger partial charge in [0.2, 0.25) is 5.91 Å². The van der Waals surface area contributed by atoms with Crippen molar-refractivity contribution in [3.63, 3.8) is 0 Å². The van der Waals surface area contributed by atoms with Crippen molar-refractivity contribution in [3.8, 4) is 0 Å². The molecule has 2 saturated carbocycles. The van der Waals surface area contributed by atoms with Gasteiger partial charge in [0.05, 0.1) is 11.8 Å². The van der Waals surface area contributed by atoms with Crippen molar-refractivity contribution < 1.29 is 14.7 Å². The molecule has 0 aromatic carbocycles. The third-order valence-corrected chi connectivity index (χ3v) is 5.54. The number of hydrogen-bond donors (Lipinski definition) is 2. The molecule has 2 aliphatic carbocycles. The fourth-order valence-corrected chi connectivity index (χ4v) is 4.48. The number of aliphatic carboxylic acids is 1. The van der Waals surface area contributed by atoms with E-state index in [9.17, 15) is 9.59 Å². The molecule has 2 rings (SSSR count). The van der Waals surface area contributed by atoms with Crippen LogP contribution in [-0.2, 0) is 9.59 Å². The van der Waals surface area contributed by atoms with Crippen LogP contribution < -0.4 is 5.32 Å². The van der Waals surface area contributed by atoms with Gasteiger partial charge in [0.15, 0.2) is 0 Å². The van der Waals surface area contributed by atoms with E-state index in [0.717, 1.165) is 37.9 Å². The van der Waals surface area contributed by atoms with Crippen molar-refractivity contribution >= 4 is 23.6 Å². The van der Waals surface area contributed by atoms with E-state index in [-0.39, 0.29) is 17.9 Å². The van der Waals surface area contributed by atoms with Gasteiger partial charge in [0.1, 0.15) is 0 Å². The highest BCUT2D eigenvalue weighted by Gasteiger charge is 2.39. The lowest BCUT2D eigenvalue weighted by Gasteiger charge is -2.19. The standard InChI is InChI=1S/C14H23NO3S/c1-2-19-10-7-6-9(8-10)15-13(16)11-4-3-5-12(11)14(17)18/h9-12H,2-8H2,1H3,(H,15,16)(H,17,18). The van der Waals surface area contributed by atoms with Crippen LogP contribution in [0.3, 0.4) is 0 Å². The van der Waals surface area contributed by atoms with E-state index < -0.39 is 11.9 Å². The molecule has 0 aromatic rings. The second-order valence-corrected chi connectivity index (χ2v) is 7.16. The Kier molecular flexibility index (Phi) is 5.13. The van der Waals surface area contributed by atoms with Crippen LogP contribution in [0.1, 0.15) is 45.4 Å². The van der Waals surface area contributed by atoms with E-state index in [1.807, 2.05) is 11.8 Å². The molecule has 0 radical (unpaired) electrons. The molecule has 2 aliphatic rings. The second-order valence-electron chi connectivity index (χ2n) is 5.58. The SMILES string of the molecule is CCSC1CCC(NC(=O)C2CCCC2C(=O)O)C1. The Bertz CT molecular complexity index is 348. The molecule has 4 nitrogen and oxygen atoms in total. The van der Waals surface area contributed by atoms with Gasteiger partial charge in [-0.3, -0.25) is 9.59 Å². The quantitative estimate of drug-likeness (QED) is 0.813. The smallest absolute Gasteiger partial charge is 0.307 e. The molecule has 4 unspecified atom stereocenters. The number of nitrogens with one attached hydrogen (secondary N) is 1. The molecular weight excluding hydrogens is 262 g/mol. The lowest BCUT2D eigenvalue weighted by Crippen LogP contribution is -2.40. The van der Waals surface area contributed by atoms with Crippen molar-refractivity contribution in [2.24, 2.45) is 11.8 Å². The maximum absolute atomic E-state index is 12.2. The van der Waals surface area contributed by atoms with Crippen molar-refractivity contribution in [2.45, 2.75) is 56.7 Å². The molecule has 0 bridgehead atoms. The van der Waals surface area contributed by atoms with Gasteiger partial charge in [-0.05, 0) is 37.9 Å². The van der Waals surface area contributed by atoms with Crippen LogP contribution in [0.4, 0.5) is 0 Å². The molecule has 1 amide bonds. The number of carboxylic acid groups (broad SMARTS) is 1. The predicted octanol–water partition coefficient (Wildman–Crippen LogP) is 2.28. The van der Waals surface area contributed by atoms with Crippen LogP contribution in [0, 0.1) is 11.8 Å². The topological polar surface area (TPSA) is 66.4 Å². The number of thioether (sulfide) groups is 1. The zero-order chi connectivity index (χ0) is 13.8. The Morgan fingerprint density at radius 2 is 1.95 bits per heavy atom. The number of amides is 1. The van der Waals surface area contributed by atoms with E-state index in [0.29, 0.717) is 11.7 Å².